The fourth-order valence-corrected chi connectivity index (χ4v) is 4.06. The molecule has 0 radical (unpaired) electrons. The van der Waals surface area contributed by atoms with Gasteiger partial charge in [-0.2, -0.15) is 0 Å². The predicted octanol–water partition coefficient (Wildman–Crippen LogP) is 4.32. The SMILES string of the molecule is Cc1ccc(NC(=S)NC2CCN(Cc3cccs3)CC2)cc1C. The minimum Gasteiger partial charge on any atom is -0.360 e. The Balaban J connectivity index is 1.43. The Morgan fingerprint density at radius 2 is 2.00 bits per heavy atom. The average molecular weight is 360 g/mol. The van der Waals surface area contributed by atoms with Crippen LogP contribution in [0.4, 0.5) is 5.69 Å². The summed E-state index contributed by atoms with van der Waals surface area (Å²) in [5.74, 6) is 0. The van der Waals surface area contributed by atoms with E-state index in [2.05, 4.69) is 65.1 Å². The number of aryl methyl sites for hydroxylation is 2. The van der Waals surface area contributed by atoms with E-state index in [0.29, 0.717) is 6.04 Å². The van der Waals surface area contributed by atoms with E-state index in [0.717, 1.165) is 43.3 Å². The summed E-state index contributed by atoms with van der Waals surface area (Å²) in [5.41, 5.74) is 3.65. The Morgan fingerprint density at radius 3 is 2.67 bits per heavy atom. The summed E-state index contributed by atoms with van der Waals surface area (Å²) in [5, 5.41) is 9.68. The Labute approximate surface area is 154 Å². The van der Waals surface area contributed by atoms with Crippen LogP contribution in [0, 0.1) is 13.8 Å². The van der Waals surface area contributed by atoms with Crippen molar-refractivity contribution in [2.75, 3.05) is 18.4 Å². The van der Waals surface area contributed by atoms with Crippen molar-refractivity contribution in [2.24, 2.45) is 0 Å². The molecular formula is C19H25N3S2. The molecule has 0 amide bonds. The third kappa shape index (κ3) is 4.79. The summed E-state index contributed by atoms with van der Waals surface area (Å²) < 4.78 is 0. The number of thiocarbonyl (C=S) groups is 1. The Bertz CT molecular complexity index is 674. The average Bonchev–Trinajstić information content (AvgIpc) is 3.06. The van der Waals surface area contributed by atoms with Crippen molar-refractivity contribution in [3.05, 3.63) is 51.7 Å². The van der Waals surface area contributed by atoms with Gasteiger partial charge in [-0.15, -0.1) is 11.3 Å². The molecule has 0 unspecified atom stereocenters. The maximum absolute atomic E-state index is 5.48. The molecule has 1 aromatic heterocycles. The number of rotatable bonds is 4. The van der Waals surface area contributed by atoms with Crippen LogP contribution in [-0.4, -0.2) is 29.1 Å². The van der Waals surface area contributed by atoms with Crippen LogP contribution in [-0.2, 0) is 6.54 Å². The molecule has 3 nitrogen and oxygen atoms in total. The van der Waals surface area contributed by atoms with E-state index in [4.69, 9.17) is 12.2 Å². The van der Waals surface area contributed by atoms with E-state index in [-0.39, 0.29) is 0 Å². The second-order valence-corrected chi connectivity index (χ2v) is 7.97. The molecule has 5 heteroatoms. The van der Waals surface area contributed by atoms with E-state index < -0.39 is 0 Å². The normalized spacial score (nSPS) is 16.1. The van der Waals surface area contributed by atoms with Gasteiger partial charge in [-0.1, -0.05) is 12.1 Å². The lowest BCUT2D eigenvalue weighted by molar-refractivity contribution is 0.201. The zero-order valence-corrected chi connectivity index (χ0v) is 16.0. The molecule has 128 valence electrons. The Kier molecular flexibility index (Phi) is 5.87. The topological polar surface area (TPSA) is 27.3 Å². The van der Waals surface area contributed by atoms with Gasteiger partial charge >= 0.3 is 0 Å². The molecule has 0 bridgehead atoms. The molecule has 1 fully saturated rings. The van der Waals surface area contributed by atoms with Gasteiger partial charge in [-0.25, -0.2) is 0 Å². The molecule has 0 saturated carbocycles. The largest absolute Gasteiger partial charge is 0.360 e. The van der Waals surface area contributed by atoms with Gasteiger partial charge < -0.3 is 10.6 Å². The van der Waals surface area contributed by atoms with Crippen LogP contribution in [0.2, 0.25) is 0 Å². The lowest BCUT2D eigenvalue weighted by Crippen LogP contribution is -2.45. The van der Waals surface area contributed by atoms with E-state index in [1.54, 1.807) is 0 Å². The number of benzene rings is 1. The minimum absolute atomic E-state index is 0.469. The molecular weight excluding hydrogens is 334 g/mol. The van der Waals surface area contributed by atoms with E-state index in [9.17, 15) is 0 Å². The van der Waals surface area contributed by atoms with Gasteiger partial charge in [0.05, 0.1) is 0 Å². The summed E-state index contributed by atoms with van der Waals surface area (Å²) in [4.78, 5) is 3.98. The number of piperidine rings is 1. The number of likely N-dealkylation sites (tertiary alicyclic amines) is 1. The van der Waals surface area contributed by atoms with Gasteiger partial charge in [-0.05, 0) is 73.6 Å². The first-order valence-electron chi connectivity index (χ1n) is 8.49. The van der Waals surface area contributed by atoms with Crippen molar-refractivity contribution in [1.82, 2.24) is 10.2 Å². The lowest BCUT2D eigenvalue weighted by atomic mass is 10.1. The van der Waals surface area contributed by atoms with Gasteiger partial charge in [0.1, 0.15) is 0 Å². The van der Waals surface area contributed by atoms with Crippen molar-refractivity contribution in [3.8, 4) is 0 Å². The molecule has 0 aliphatic carbocycles. The van der Waals surface area contributed by atoms with Crippen LogP contribution in [0.3, 0.4) is 0 Å². The molecule has 1 aliphatic rings. The molecule has 1 aromatic carbocycles. The quantitative estimate of drug-likeness (QED) is 0.795. The number of hydrogen-bond acceptors (Lipinski definition) is 3. The number of nitrogens with zero attached hydrogens (tertiary/aromatic N) is 1. The van der Waals surface area contributed by atoms with Gasteiger partial charge in [-0.3, -0.25) is 4.90 Å². The summed E-state index contributed by atoms with van der Waals surface area (Å²) in [6.45, 7) is 7.58. The molecule has 3 rings (SSSR count). The van der Waals surface area contributed by atoms with Gasteiger partial charge in [0.25, 0.3) is 0 Å². The third-order valence-electron chi connectivity index (χ3n) is 4.65. The van der Waals surface area contributed by atoms with Crippen LogP contribution < -0.4 is 10.6 Å². The monoisotopic (exact) mass is 359 g/mol. The second kappa shape index (κ2) is 8.10. The lowest BCUT2D eigenvalue weighted by Gasteiger charge is -2.32. The molecule has 1 aliphatic heterocycles. The first-order valence-corrected chi connectivity index (χ1v) is 9.78. The fraction of sp³-hybridized carbons (Fsp3) is 0.421. The second-order valence-electron chi connectivity index (χ2n) is 6.53. The molecule has 0 atom stereocenters. The maximum atomic E-state index is 5.48. The summed E-state index contributed by atoms with van der Waals surface area (Å²) >= 11 is 7.32. The first-order chi connectivity index (χ1) is 11.6. The van der Waals surface area contributed by atoms with E-state index in [1.165, 1.54) is 16.0 Å². The highest BCUT2D eigenvalue weighted by Crippen LogP contribution is 2.18. The maximum Gasteiger partial charge on any atom is 0.170 e. The van der Waals surface area contributed by atoms with Gasteiger partial charge in [0, 0.05) is 36.2 Å². The van der Waals surface area contributed by atoms with Crippen LogP contribution in [0.25, 0.3) is 0 Å². The standard InChI is InChI=1S/C19H25N3S2/c1-14-5-6-17(12-15(14)2)21-19(23)20-16-7-9-22(10-8-16)13-18-4-3-11-24-18/h3-6,11-12,16H,7-10,13H2,1-2H3,(H2,20,21,23). The number of nitrogens with one attached hydrogen (secondary N) is 2. The van der Waals surface area contributed by atoms with Crippen molar-refractivity contribution < 1.29 is 0 Å². The van der Waals surface area contributed by atoms with Crippen LogP contribution in [0.15, 0.2) is 35.7 Å². The third-order valence-corrected chi connectivity index (χ3v) is 5.73. The zero-order chi connectivity index (χ0) is 16.9. The van der Waals surface area contributed by atoms with Gasteiger partial charge in [0.2, 0.25) is 0 Å². The zero-order valence-electron chi connectivity index (χ0n) is 14.3. The molecule has 24 heavy (non-hydrogen) atoms. The van der Waals surface area contributed by atoms with Crippen molar-refractivity contribution in [1.29, 1.82) is 0 Å². The number of hydrogen-bond donors (Lipinski definition) is 2. The Morgan fingerprint density at radius 1 is 1.21 bits per heavy atom. The molecule has 2 N–H and O–H groups in total. The minimum atomic E-state index is 0.469. The van der Waals surface area contributed by atoms with Gasteiger partial charge in [0.15, 0.2) is 5.11 Å². The van der Waals surface area contributed by atoms with Crippen LogP contribution in [0.1, 0.15) is 28.8 Å². The highest BCUT2D eigenvalue weighted by molar-refractivity contribution is 7.80. The van der Waals surface area contributed by atoms with E-state index in [1.807, 2.05) is 11.3 Å². The predicted molar refractivity (Wildman–Crippen MR) is 108 cm³/mol. The number of anilines is 1. The summed E-state index contributed by atoms with van der Waals surface area (Å²) in [7, 11) is 0. The highest BCUT2D eigenvalue weighted by atomic mass is 32.1. The molecule has 1 saturated heterocycles. The smallest absolute Gasteiger partial charge is 0.170 e. The fourth-order valence-electron chi connectivity index (χ4n) is 3.03. The number of thiophene rings is 1. The van der Waals surface area contributed by atoms with Crippen LogP contribution in [0.5, 0.6) is 0 Å². The van der Waals surface area contributed by atoms with Crippen molar-refractivity contribution in [3.63, 3.8) is 0 Å². The molecule has 2 aromatic rings. The van der Waals surface area contributed by atoms with Crippen LogP contribution >= 0.6 is 23.6 Å². The van der Waals surface area contributed by atoms with Crippen molar-refractivity contribution >= 4 is 34.4 Å². The highest BCUT2D eigenvalue weighted by Gasteiger charge is 2.20. The molecule has 0 spiro atoms. The summed E-state index contributed by atoms with van der Waals surface area (Å²) in [6, 6.07) is 11.2. The Hall–Kier alpha value is -1.43. The molecule has 2 heterocycles. The van der Waals surface area contributed by atoms with Crippen molar-refractivity contribution in [2.45, 2.75) is 39.3 Å². The first kappa shape index (κ1) is 17.4. The summed E-state index contributed by atoms with van der Waals surface area (Å²) in [6.07, 6.45) is 2.28. The van der Waals surface area contributed by atoms with E-state index >= 15 is 0 Å².